The smallest absolute Gasteiger partial charge is 0.266 e. The van der Waals surface area contributed by atoms with E-state index in [0.29, 0.717) is 5.75 Å². The minimum Gasteiger partial charge on any atom is -0.441 e. The summed E-state index contributed by atoms with van der Waals surface area (Å²) in [7, 11) is -2.60. The minimum absolute atomic E-state index is 0.640. The van der Waals surface area contributed by atoms with Gasteiger partial charge < -0.3 is 14.5 Å². The Bertz CT molecular complexity index is 2450. The molecule has 3 heterocycles. The predicted octanol–water partition coefficient (Wildman–Crippen LogP) is 10.7. The molecule has 1 aliphatic rings. The van der Waals surface area contributed by atoms with Crippen molar-refractivity contribution < 1.29 is 9.09 Å². The number of benzene rings is 6. The van der Waals surface area contributed by atoms with Crippen molar-refractivity contribution in [1.82, 2.24) is 9.97 Å². The van der Waals surface area contributed by atoms with Crippen LogP contribution in [0.15, 0.2) is 127 Å². The van der Waals surface area contributed by atoms with E-state index in [9.17, 15) is 4.57 Å². The molecule has 0 radical (unpaired) electrons. The highest BCUT2D eigenvalue weighted by atomic mass is 31.1. The van der Waals surface area contributed by atoms with Crippen LogP contribution in [-0.2, 0) is 4.57 Å². The zero-order valence-corrected chi connectivity index (χ0v) is 24.0. The molecular formula is C38H25N2O2P. The normalized spacial score (nSPS) is 14.7. The zero-order chi connectivity index (χ0) is 28.5. The first-order chi connectivity index (χ1) is 21.2. The molecule has 204 valence electrons. The van der Waals surface area contributed by atoms with E-state index in [1.165, 1.54) is 10.8 Å². The van der Waals surface area contributed by atoms with Gasteiger partial charge >= 0.3 is 0 Å². The van der Waals surface area contributed by atoms with E-state index in [4.69, 9.17) is 4.52 Å². The van der Waals surface area contributed by atoms with E-state index in [1.807, 2.05) is 36.4 Å². The van der Waals surface area contributed by atoms with Crippen molar-refractivity contribution in [1.29, 1.82) is 0 Å². The molecule has 0 amide bonds. The molecule has 0 aliphatic carbocycles. The summed E-state index contributed by atoms with van der Waals surface area (Å²) in [6.07, 6.45) is 2.08. The van der Waals surface area contributed by atoms with E-state index in [1.54, 1.807) is 0 Å². The fourth-order valence-electron chi connectivity index (χ4n) is 6.63. The molecule has 0 saturated heterocycles. The molecule has 0 bridgehead atoms. The highest BCUT2D eigenvalue weighted by Gasteiger charge is 2.26. The van der Waals surface area contributed by atoms with Crippen molar-refractivity contribution in [3.8, 4) is 28.0 Å². The van der Waals surface area contributed by atoms with Crippen molar-refractivity contribution in [2.45, 2.75) is 0 Å². The van der Waals surface area contributed by atoms with Gasteiger partial charge in [-0.1, -0.05) is 103 Å². The number of hydrogen-bond donors (Lipinski definition) is 2. The molecule has 6 aromatic carbocycles. The van der Waals surface area contributed by atoms with Crippen LogP contribution >= 0.6 is 8.03 Å². The number of rotatable bonds is 3. The maximum absolute atomic E-state index is 13.9. The molecule has 43 heavy (non-hydrogen) atoms. The van der Waals surface area contributed by atoms with Gasteiger partial charge in [0.25, 0.3) is 8.03 Å². The third kappa shape index (κ3) is 3.74. The second kappa shape index (κ2) is 9.35. The highest BCUT2D eigenvalue weighted by Crippen LogP contribution is 2.53. The Morgan fingerprint density at radius 3 is 1.79 bits per heavy atom. The summed E-state index contributed by atoms with van der Waals surface area (Å²) in [4.78, 5) is 7.21. The summed E-state index contributed by atoms with van der Waals surface area (Å²) in [5, 5.41) is 5.35. The van der Waals surface area contributed by atoms with Gasteiger partial charge in [0.05, 0.1) is 16.3 Å². The van der Waals surface area contributed by atoms with Crippen molar-refractivity contribution in [2.75, 3.05) is 0 Å². The molecule has 8 aromatic rings. The second-order valence-electron chi connectivity index (χ2n) is 11.0. The molecule has 4 nitrogen and oxygen atoms in total. The van der Waals surface area contributed by atoms with Crippen molar-refractivity contribution in [3.63, 3.8) is 0 Å². The summed E-state index contributed by atoms with van der Waals surface area (Å²) in [5.74, 6) is 0.640. The monoisotopic (exact) mass is 572 g/mol. The van der Waals surface area contributed by atoms with Gasteiger partial charge in [-0.15, -0.1) is 0 Å². The standard InChI is InChI=1S/C38H25N2O2P/c41-43-36(30-17-9-16-29-27-13-5-7-19-34(27)40-38(29)30)22-32-31(23-10-2-1-3-11-23)20-24(21-35(32)42-43)25-14-8-15-28-26-12-4-6-18-33(26)39-37(25)28/h1-22,39-40,43H. The van der Waals surface area contributed by atoms with Crippen LogP contribution < -0.4 is 4.52 Å². The molecule has 0 saturated carbocycles. The lowest BCUT2D eigenvalue weighted by Crippen LogP contribution is -1.99. The van der Waals surface area contributed by atoms with Gasteiger partial charge in [-0.2, -0.15) is 0 Å². The lowest BCUT2D eigenvalue weighted by Gasteiger charge is -2.22. The fourth-order valence-corrected chi connectivity index (χ4v) is 7.80. The average Bonchev–Trinajstić information content (AvgIpc) is 3.63. The first kappa shape index (κ1) is 24.3. The maximum Gasteiger partial charge on any atom is 0.266 e. The van der Waals surface area contributed by atoms with Gasteiger partial charge in [0.1, 0.15) is 5.75 Å². The third-order valence-electron chi connectivity index (χ3n) is 8.62. The number of H-pyrrole nitrogens is 2. The van der Waals surface area contributed by atoms with Crippen LogP contribution in [0, 0.1) is 0 Å². The van der Waals surface area contributed by atoms with Crippen molar-refractivity contribution in [3.05, 3.63) is 139 Å². The highest BCUT2D eigenvalue weighted by molar-refractivity contribution is 7.52. The van der Waals surface area contributed by atoms with Gasteiger partial charge in [0.15, 0.2) is 0 Å². The molecule has 2 N–H and O–H groups in total. The lowest BCUT2D eigenvalue weighted by molar-refractivity contribution is 0.513. The summed E-state index contributed by atoms with van der Waals surface area (Å²) >= 11 is 0. The lowest BCUT2D eigenvalue weighted by atomic mass is 9.92. The van der Waals surface area contributed by atoms with Crippen LogP contribution in [0.1, 0.15) is 11.1 Å². The molecule has 1 unspecified atom stereocenters. The largest absolute Gasteiger partial charge is 0.441 e. The number of hydrogen-bond acceptors (Lipinski definition) is 2. The minimum atomic E-state index is -2.60. The zero-order valence-electron chi connectivity index (χ0n) is 23.0. The Morgan fingerprint density at radius 1 is 0.512 bits per heavy atom. The van der Waals surface area contributed by atoms with Gasteiger partial charge in [-0.3, -0.25) is 4.57 Å². The Morgan fingerprint density at radius 2 is 1.09 bits per heavy atom. The molecule has 2 aromatic heterocycles. The van der Waals surface area contributed by atoms with E-state index < -0.39 is 8.03 Å². The Hall–Kier alpha value is -5.31. The predicted molar refractivity (Wildman–Crippen MR) is 180 cm³/mol. The van der Waals surface area contributed by atoms with E-state index in [2.05, 4.69) is 107 Å². The van der Waals surface area contributed by atoms with Crippen LogP contribution in [0.2, 0.25) is 0 Å². The number of aromatic nitrogens is 2. The van der Waals surface area contributed by atoms with Crippen molar-refractivity contribution in [2.24, 2.45) is 0 Å². The van der Waals surface area contributed by atoms with Crippen LogP contribution in [0.5, 0.6) is 5.75 Å². The van der Waals surface area contributed by atoms with Gasteiger partial charge in [-0.25, -0.2) is 0 Å². The molecule has 0 spiro atoms. The van der Waals surface area contributed by atoms with Crippen LogP contribution in [0.25, 0.3) is 77.3 Å². The number of aromatic amines is 2. The molecule has 1 aliphatic heterocycles. The quantitative estimate of drug-likeness (QED) is 0.207. The Balaban J connectivity index is 1.29. The first-order valence-corrected chi connectivity index (χ1v) is 15.7. The molecular weight excluding hydrogens is 547 g/mol. The van der Waals surface area contributed by atoms with E-state index in [-0.39, 0.29) is 0 Å². The summed E-state index contributed by atoms with van der Waals surface area (Å²) in [5.41, 5.74) is 10.3. The summed E-state index contributed by atoms with van der Waals surface area (Å²) in [6.45, 7) is 0. The summed E-state index contributed by atoms with van der Waals surface area (Å²) < 4.78 is 20.3. The second-order valence-corrected chi connectivity index (χ2v) is 12.4. The Kier molecular flexibility index (Phi) is 5.29. The van der Waals surface area contributed by atoms with E-state index in [0.717, 1.165) is 71.5 Å². The topological polar surface area (TPSA) is 57.9 Å². The average molecular weight is 573 g/mol. The van der Waals surface area contributed by atoms with Crippen LogP contribution in [0.3, 0.4) is 0 Å². The Labute approximate surface area is 248 Å². The number of para-hydroxylation sites is 4. The number of nitrogens with one attached hydrogen (secondary N) is 2. The molecule has 1 atom stereocenters. The number of fused-ring (bicyclic) bond motifs is 7. The molecule has 5 heteroatoms. The van der Waals surface area contributed by atoms with E-state index >= 15 is 0 Å². The fraction of sp³-hybridized carbons (Fsp3) is 0. The first-order valence-electron chi connectivity index (χ1n) is 14.4. The summed E-state index contributed by atoms with van der Waals surface area (Å²) in [6, 6.07) is 43.9. The molecule has 9 rings (SSSR count). The van der Waals surface area contributed by atoms with Gasteiger partial charge in [0, 0.05) is 49.3 Å². The van der Waals surface area contributed by atoms with Gasteiger partial charge in [-0.05, 0) is 47.0 Å². The van der Waals surface area contributed by atoms with Crippen LogP contribution in [0.4, 0.5) is 0 Å². The SMILES string of the molecule is O=[PH]1Oc2cc(-c3cccc4c3[nH]c3ccccc34)cc(-c3ccccc3)c2C=C1c1cccc2c1[nH]c1ccccc12. The third-order valence-corrected chi connectivity index (χ3v) is 9.88. The van der Waals surface area contributed by atoms with Gasteiger partial charge in [0.2, 0.25) is 0 Å². The van der Waals surface area contributed by atoms with Crippen molar-refractivity contribution >= 4 is 63.0 Å². The molecule has 0 fully saturated rings. The van der Waals surface area contributed by atoms with Crippen LogP contribution in [-0.4, -0.2) is 9.97 Å². The maximum atomic E-state index is 13.9.